The Bertz CT molecular complexity index is 548. The van der Waals surface area contributed by atoms with Gasteiger partial charge in [0.05, 0.1) is 14.2 Å². The van der Waals surface area contributed by atoms with E-state index in [0.717, 1.165) is 6.42 Å². The maximum Gasteiger partial charge on any atom is 0.226 e. The molecule has 0 radical (unpaired) electrons. The summed E-state index contributed by atoms with van der Waals surface area (Å²) >= 11 is 0. The number of anilines is 1. The Morgan fingerprint density at radius 2 is 1.79 bits per heavy atom. The third-order valence-corrected chi connectivity index (χ3v) is 3.50. The van der Waals surface area contributed by atoms with Crippen molar-refractivity contribution in [2.24, 2.45) is 0 Å². The first-order chi connectivity index (χ1) is 11.5. The van der Waals surface area contributed by atoms with Crippen LogP contribution in [0.15, 0.2) is 18.2 Å². The number of hydrogen-bond acceptors (Lipinski definition) is 5. The fraction of sp³-hybridized carbons (Fsp3) is 0.529. The average molecular weight is 338 g/mol. The minimum absolute atomic E-state index is 0.0509. The molecule has 1 N–H and O–H groups in total. The van der Waals surface area contributed by atoms with Crippen molar-refractivity contribution in [2.75, 3.05) is 46.3 Å². The molecule has 0 heterocycles. The van der Waals surface area contributed by atoms with E-state index in [9.17, 15) is 9.59 Å². The van der Waals surface area contributed by atoms with Crippen molar-refractivity contribution >= 4 is 17.5 Å². The Morgan fingerprint density at radius 3 is 2.38 bits per heavy atom. The smallest absolute Gasteiger partial charge is 0.226 e. The van der Waals surface area contributed by atoms with Gasteiger partial charge < -0.3 is 24.4 Å². The highest BCUT2D eigenvalue weighted by Gasteiger charge is 2.12. The molecule has 24 heavy (non-hydrogen) atoms. The molecule has 0 aliphatic heterocycles. The van der Waals surface area contributed by atoms with Gasteiger partial charge in [-0.2, -0.15) is 0 Å². The first kappa shape index (κ1) is 19.8. The number of rotatable bonds is 10. The fourth-order valence-electron chi connectivity index (χ4n) is 2.20. The quantitative estimate of drug-likeness (QED) is 0.660. The second-order valence-electron chi connectivity index (χ2n) is 5.22. The van der Waals surface area contributed by atoms with Crippen LogP contribution >= 0.6 is 0 Å². The van der Waals surface area contributed by atoms with E-state index < -0.39 is 0 Å². The van der Waals surface area contributed by atoms with E-state index in [1.807, 2.05) is 0 Å². The van der Waals surface area contributed by atoms with Crippen molar-refractivity contribution in [3.05, 3.63) is 18.2 Å². The molecule has 0 bridgehead atoms. The monoisotopic (exact) mass is 338 g/mol. The van der Waals surface area contributed by atoms with E-state index in [2.05, 4.69) is 5.32 Å². The molecular weight excluding hydrogens is 312 g/mol. The van der Waals surface area contributed by atoms with Crippen molar-refractivity contribution in [1.29, 1.82) is 0 Å². The minimum atomic E-state index is -0.166. The van der Waals surface area contributed by atoms with Crippen LogP contribution in [0.3, 0.4) is 0 Å². The Balaban J connectivity index is 2.54. The molecule has 0 unspecified atom stereocenters. The number of carbonyl (C=O) groups is 2. The summed E-state index contributed by atoms with van der Waals surface area (Å²) in [6, 6.07) is 5.15. The molecule has 1 rings (SSSR count). The lowest BCUT2D eigenvalue weighted by Gasteiger charge is -2.20. The molecule has 1 aromatic carbocycles. The molecule has 0 aliphatic carbocycles. The van der Waals surface area contributed by atoms with E-state index in [1.54, 1.807) is 37.3 Å². The van der Waals surface area contributed by atoms with E-state index in [1.165, 1.54) is 14.0 Å². The van der Waals surface area contributed by atoms with E-state index >= 15 is 0 Å². The lowest BCUT2D eigenvalue weighted by Crippen LogP contribution is -2.33. The molecule has 0 spiro atoms. The van der Waals surface area contributed by atoms with Crippen LogP contribution in [0, 0.1) is 0 Å². The third kappa shape index (κ3) is 6.45. The normalized spacial score (nSPS) is 10.2. The maximum absolute atomic E-state index is 12.1. The second-order valence-corrected chi connectivity index (χ2v) is 5.22. The number of ether oxygens (including phenoxy) is 3. The van der Waals surface area contributed by atoms with Crippen molar-refractivity contribution in [3.8, 4) is 11.5 Å². The Morgan fingerprint density at radius 1 is 1.08 bits per heavy atom. The van der Waals surface area contributed by atoms with E-state index in [4.69, 9.17) is 14.2 Å². The zero-order chi connectivity index (χ0) is 17.9. The van der Waals surface area contributed by atoms with Crippen LogP contribution in [0.5, 0.6) is 11.5 Å². The number of carbonyl (C=O) groups excluding carboxylic acids is 2. The van der Waals surface area contributed by atoms with Gasteiger partial charge in [-0.15, -0.1) is 0 Å². The largest absolute Gasteiger partial charge is 0.493 e. The molecule has 0 aromatic heterocycles. The van der Waals surface area contributed by atoms with Gasteiger partial charge in [-0.3, -0.25) is 9.59 Å². The highest BCUT2D eigenvalue weighted by atomic mass is 16.5. The maximum atomic E-state index is 12.1. The zero-order valence-corrected chi connectivity index (χ0v) is 14.8. The summed E-state index contributed by atoms with van der Waals surface area (Å²) in [5.74, 6) is 0.918. The highest BCUT2D eigenvalue weighted by Crippen LogP contribution is 2.29. The summed E-state index contributed by atoms with van der Waals surface area (Å²) in [6.45, 7) is 3.03. The summed E-state index contributed by atoms with van der Waals surface area (Å²) in [7, 11) is 4.71. The first-order valence-electron chi connectivity index (χ1n) is 7.78. The fourth-order valence-corrected chi connectivity index (χ4v) is 2.20. The zero-order valence-electron chi connectivity index (χ0n) is 14.8. The van der Waals surface area contributed by atoms with E-state index in [0.29, 0.717) is 36.9 Å². The summed E-state index contributed by atoms with van der Waals surface area (Å²) < 4.78 is 15.3. The van der Waals surface area contributed by atoms with E-state index in [-0.39, 0.29) is 18.2 Å². The van der Waals surface area contributed by atoms with Crippen LogP contribution in [-0.4, -0.2) is 57.7 Å². The molecule has 0 atom stereocenters. The molecule has 0 saturated carbocycles. The number of nitrogens with zero attached hydrogens (tertiary/aromatic N) is 1. The summed E-state index contributed by atoms with van der Waals surface area (Å²) in [5.41, 5.74) is 0.617. The van der Waals surface area contributed by atoms with Gasteiger partial charge in [0.2, 0.25) is 11.8 Å². The van der Waals surface area contributed by atoms with Gasteiger partial charge in [-0.05, 0) is 18.6 Å². The van der Waals surface area contributed by atoms with Crippen molar-refractivity contribution < 1.29 is 23.8 Å². The predicted molar refractivity (Wildman–Crippen MR) is 91.5 cm³/mol. The van der Waals surface area contributed by atoms with Crippen molar-refractivity contribution in [1.82, 2.24) is 4.90 Å². The summed E-state index contributed by atoms with van der Waals surface area (Å²) in [6.07, 6.45) is 0.967. The minimum Gasteiger partial charge on any atom is -0.493 e. The van der Waals surface area contributed by atoms with Crippen LogP contribution in [0.25, 0.3) is 0 Å². The van der Waals surface area contributed by atoms with Crippen LogP contribution < -0.4 is 14.8 Å². The first-order valence-corrected chi connectivity index (χ1v) is 7.78. The number of nitrogens with one attached hydrogen (secondary N) is 1. The molecule has 134 valence electrons. The average Bonchev–Trinajstić information content (AvgIpc) is 2.57. The van der Waals surface area contributed by atoms with Gasteiger partial charge in [0, 0.05) is 51.9 Å². The predicted octanol–water partition coefficient (Wildman–Crippen LogP) is 1.92. The Labute approximate surface area is 142 Å². The lowest BCUT2D eigenvalue weighted by molar-refractivity contribution is -0.129. The molecule has 7 heteroatoms. The van der Waals surface area contributed by atoms with Crippen molar-refractivity contribution in [3.63, 3.8) is 0 Å². The number of hydrogen-bond donors (Lipinski definition) is 1. The van der Waals surface area contributed by atoms with Crippen LogP contribution in [0.4, 0.5) is 5.69 Å². The number of methoxy groups -OCH3 is 3. The van der Waals surface area contributed by atoms with Crippen LogP contribution in [0.2, 0.25) is 0 Å². The van der Waals surface area contributed by atoms with Crippen LogP contribution in [-0.2, 0) is 14.3 Å². The number of amides is 2. The van der Waals surface area contributed by atoms with Crippen molar-refractivity contribution in [2.45, 2.75) is 19.8 Å². The molecule has 7 nitrogen and oxygen atoms in total. The van der Waals surface area contributed by atoms with Gasteiger partial charge in [0.15, 0.2) is 11.5 Å². The molecule has 0 aliphatic rings. The highest BCUT2D eigenvalue weighted by molar-refractivity contribution is 5.91. The molecule has 0 saturated heterocycles. The van der Waals surface area contributed by atoms with Gasteiger partial charge >= 0.3 is 0 Å². The topological polar surface area (TPSA) is 77.1 Å². The van der Waals surface area contributed by atoms with Crippen LogP contribution in [0.1, 0.15) is 19.8 Å². The summed E-state index contributed by atoms with van der Waals surface area (Å²) in [4.78, 5) is 25.3. The Hall–Kier alpha value is -2.28. The van der Waals surface area contributed by atoms with Gasteiger partial charge in [-0.1, -0.05) is 0 Å². The third-order valence-electron chi connectivity index (χ3n) is 3.50. The molecular formula is C17H26N2O5. The SMILES string of the molecule is COCCCN(CCC(=O)Nc1ccc(OC)c(OC)c1)C(C)=O. The molecule has 1 aromatic rings. The molecule has 2 amide bonds. The van der Waals surface area contributed by atoms with Gasteiger partial charge in [0.25, 0.3) is 0 Å². The second kappa shape index (κ2) is 10.5. The molecule has 0 fully saturated rings. The summed E-state index contributed by atoms with van der Waals surface area (Å²) in [5, 5.41) is 2.79. The standard InChI is InChI=1S/C17H26N2O5/c1-13(20)19(9-5-11-22-2)10-8-17(21)18-14-6-7-15(23-3)16(12-14)24-4/h6-7,12H,5,8-11H2,1-4H3,(H,18,21). The van der Waals surface area contributed by atoms with Gasteiger partial charge in [-0.25, -0.2) is 0 Å². The Kier molecular flexibility index (Phi) is 8.64. The van der Waals surface area contributed by atoms with Gasteiger partial charge in [0.1, 0.15) is 0 Å². The lowest BCUT2D eigenvalue weighted by atomic mass is 10.2. The number of benzene rings is 1.